The van der Waals surface area contributed by atoms with Crippen LogP contribution >= 0.6 is 0 Å². The van der Waals surface area contributed by atoms with Crippen LogP contribution in [-0.2, 0) is 6.42 Å². The predicted octanol–water partition coefficient (Wildman–Crippen LogP) is 1.89. The molecule has 0 aliphatic carbocycles. The van der Waals surface area contributed by atoms with Crippen molar-refractivity contribution >= 4 is 26.0 Å². The second-order valence-electron chi connectivity index (χ2n) is 3.69. The van der Waals surface area contributed by atoms with Crippen molar-refractivity contribution in [2.45, 2.75) is 20.3 Å². The molecule has 0 spiro atoms. The van der Waals surface area contributed by atoms with Gasteiger partial charge in [0.1, 0.15) is 0 Å². The number of hydrogen-bond donors (Lipinski definition) is 0. The van der Waals surface area contributed by atoms with Crippen LogP contribution in [0.2, 0.25) is 0 Å². The van der Waals surface area contributed by atoms with Gasteiger partial charge in [0.05, 0.1) is 0 Å². The Morgan fingerprint density at radius 1 is 1.23 bits per heavy atom. The van der Waals surface area contributed by atoms with Crippen molar-refractivity contribution in [3.05, 3.63) is 23.8 Å². The summed E-state index contributed by atoms with van der Waals surface area (Å²) in [5.41, 5.74) is 3.55. The van der Waals surface area contributed by atoms with Gasteiger partial charge in [-0.25, -0.2) is 0 Å². The minimum atomic E-state index is 0.110. The summed E-state index contributed by atoms with van der Waals surface area (Å²) in [5, 5.41) is 0. The molecule has 1 aromatic heterocycles. The number of benzene rings is 1. The van der Waals surface area contributed by atoms with Gasteiger partial charge in [-0.05, 0) is 0 Å². The first kappa shape index (κ1) is 8.92. The number of aromatic nitrogens is 2. The average Bonchev–Trinajstić information content (AvgIpc) is 2.49. The maximum absolute atomic E-state index is 4.36. The zero-order chi connectivity index (χ0) is 9.26. The van der Waals surface area contributed by atoms with Gasteiger partial charge in [0.2, 0.25) is 0 Å². The molecule has 0 fully saturated rings. The number of hydrogen-bond acceptors (Lipinski definition) is 2. The summed E-state index contributed by atoms with van der Waals surface area (Å²) in [7, 11) is 0. The fourth-order valence-corrected chi connectivity index (χ4v) is 2.51. The van der Waals surface area contributed by atoms with Crippen LogP contribution in [0.1, 0.15) is 19.4 Å². The normalized spacial score (nSPS) is 11.3. The second-order valence-corrected chi connectivity index (χ2v) is 4.79. The van der Waals surface area contributed by atoms with Crippen molar-refractivity contribution in [3.8, 4) is 0 Å². The summed E-state index contributed by atoms with van der Waals surface area (Å²) in [6.07, 6.45) is 1.13. The molecule has 0 atom stereocenters. The van der Waals surface area contributed by atoms with Crippen LogP contribution in [0.4, 0.5) is 0 Å². The van der Waals surface area contributed by atoms with Gasteiger partial charge in [0.15, 0.2) is 0 Å². The van der Waals surface area contributed by atoms with E-state index in [0.29, 0.717) is 5.92 Å². The molecular formula is C10H12N2Se. The van der Waals surface area contributed by atoms with E-state index < -0.39 is 0 Å². The molecule has 2 rings (SSSR count). The van der Waals surface area contributed by atoms with Gasteiger partial charge in [-0.2, -0.15) is 0 Å². The molecule has 0 saturated carbocycles. The molecule has 3 heteroatoms. The van der Waals surface area contributed by atoms with E-state index in [2.05, 4.69) is 40.0 Å². The maximum atomic E-state index is 4.36. The van der Waals surface area contributed by atoms with E-state index in [1.54, 1.807) is 0 Å². The molecule has 0 bridgehead atoms. The topological polar surface area (TPSA) is 25.8 Å². The Labute approximate surface area is 84.2 Å². The molecular weight excluding hydrogens is 227 g/mol. The van der Waals surface area contributed by atoms with Gasteiger partial charge in [0, 0.05) is 0 Å². The number of rotatable bonds is 2. The predicted molar refractivity (Wildman–Crippen MR) is 55.0 cm³/mol. The molecule has 0 N–H and O–H groups in total. The van der Waals surface area contributed by atoms with Crippen molar-refractivity contribution in [2.75, 3.05) is 0 Å². The van der Waals surface area contributed by atoms with Crippen molar-refractivity contribution in [2.24, 2.45) is 5.92 Å². The van der Waals surface area contributed by atoms with Crippen LogP contribution in [0, 0.1) is 5.92 Å². The number of fused-ring (bicyclic) bond motifs is 1. The summed E-state index contributed by atoms with van der Waals surface area (Å²) in [6, 6.07) is 6.43. The molecule has 1 heterocycles. The molecule has 0 saturated heterocycles. The number of nitrogens with zero attached hydrogens (tertiary/aromatic N) is 2. The van der Waals surface area contributed by atoms with E-state index >= 15 is 0 Å². The van der Waals surface area contributed by atoms with Crippen LogP contribution in [-0.4, -0.2) is 22.9 Å². The quantitative estimate of drug-likeness (QED) is 0.748. The summed E-state index contributed by atoms with van der Waals surface area (Å²) in [4.78, 5) is 0. The van der Waals surface area contributed by atoms with Crippen molar-refractivity contribution in [1.82, 2.24) is 7.96 Å². The molecule has 1 aromatic carbocycles. The van der Waals surface area contributed by atoms with E-state index in [9.17, 15) is 0 Å². The molecule has 13 heavy (non-hydrogen) atoms. The molecule has 0 unspecified atom stereocenters. The summed E-state index contributed by atoms with van der Waals surface area (Å²) < 4.78 is 8.68. The first-order valence-corrected chi connectivity index (χ1v) is 6.00. The summed E-state index contributed by atoms with van der Waals surface area (Å²) in [6.45, 7) is 4.47. The fourth-order valence-electron chi connectivity index (χ4n) is 1.43. The second kappa shape index (κ2) is 3.60. The Morgan fingerprint density at radius 2 is 2.00 bits per heavy atom. The molecule has 68 valence electrons. The Hall–Kier alpha value is -0.661. The minimum absolute atomic E-state index is 0.110. The van der Waals surface area contributed by atoms with E-state index in [0.717, 1.165) is 17.5 Å². The van der Waals surface area contributed by atoms with Crippen LogP contribution in [0.15, 0.2) is 18.2 Å². The fraction of sp³-hybridized carbons (Fsp3) is 0.400. The van der Waals surface area contributed by atoms with Gasteiger partial charge in [-0.15, -0.1) is 0 Å². The van der Waals surface area contributed by atoms with E-state index in [4.69, 9.17) is 0 Å². The van der Waals surface area contributed by atoms with E-state index in [1.165, 1.54) is 5.56 Å². The van der Waals surface area contributed by atoms with Gasteiger partial charge < -0.3 is 0 Å². The molecule has 0 radical (unpaired) electrons. The standard InChI is InChI=1S/C10H12N2Se/c1-7(2)5-8-3-4-9-10(6-8)12-13-11-9/h3-4,6-7H,5H2,1-2H3. The monoisotopic (exact) mass is 240 g/mol. The third-order valence-electron chi connectivity index (χ3n) is 1.96. The van der Waals surface area contributed by atoms with Crippen LogP contribution in [0.5, 0.6) is 0 Å². The van der Waals surface area contributed by atoms with Crippen LogP contribution in [0.3, 0.4) is 0 Å². The van der Waals surface area contributed by atoms with Crippen molar-refractivity contribution in [3.63, 3.8) is 0 Å². The zero-order valence-electron chi connectivity index (χ0n) is 7.82. The Kier molecular flexibility index (Phi) is 2.47. The van der Waals surface area contributed by atoms with E-state index in [1.807, 2.05) is 0 Å². The molecule has 0 amide bonds. The average molecular weight is 239 g/mol. The van der Waals surface area contributed by atoms with Crippen molar-refractivity contribution in [1.29, 1.82) is 0 Å². The summed E-state index contributed by atoms with van der Waals surface area (Å²) in [5.74, 6) is 0.710. The van der Waals surface area contributed by atoms with Gasteiger partial charge >= 0.3 is 83.9 Å². The Bertz CT molecular complexity index is 406. The summed E-state index contributed by atoms with van der Waals surface area (Å²) >= 11 is 0.110. The van der Waals surface area contributed by atoms with Crippen molar-refractivity contribution < 1.29 is 0 Å². The van der Waals surface area contributed by atoms with Gasteiger partial charge in [0.25, 0.3) is 0 Å². The first-order chi connectivity index (χ1) is 6.25. The SMILES string of the molecule is CC(C)Cc1ccc2n[se]nc2c1. The molecule has 2 aromatic rings. The van der Waals surface area contributed by atoms with Crippen LogP contribution < -0.4 is 0 Å². The Balaban J connectivity index is 2.37. The zero-order valence-corrected chi connectivity index (χ0v) is 9.53. The van der Waals surface area contributed by atoms with Gasteiger partial charge in [-0.3, -0.25) is 0 Å². The van der Waals surface area contributed by atoms with Gasteiger partial charge in [-0.1, -0.05) is 0 Å². The molecule has 0 aliphatic rings. The third-order valence-corrected chi connectivity index (χ3v) is 3.13. The van der Waals surface area contributed by atoms with E-state index in [-0.39, 0.29) is 15.0 Å². The van der Waals surface area contributed by atoms with Crippen LogP contribution in [0.25, 0.3) is 11.0 Å². The molecule has 2 nitrogen and oxygen atoms in total. The Morgan fingerprint density at radius 3 is 2.77 bits per heavy atom. The first-order valence-electron chi connectivity index (χ1n) is 4.47. The third kappa shape index (κ3) is 1.98. The molecule has 0 aliphatic heterocycles.